The Labute approximate surface area is 452 Å². The minimum absolute atomic E-state index is 0.388. The fraction of sp³-hybridized carbons (Fsp3) is 0.289. The Morgan fingerprint density at radius 2 is 0.358 bits per heavy atom. The Morgan fingerprint density at radius 3 is 0.593 bits per heavy atom. The number of nitrogens with zero attached hydrogens (tertiary/aromatic N) is 4. The molecule has 5 saturated heterocycles. The van der Waals surface area contributed by atoms with E-state index >= 15 is 0 Å². The van der Waals surface area contributed by atoms with Crippen LogP contribution >= 0.6 is 0 Å². The fourth-order valence-corrected chi connectivity index (χ4v) is 31.0. The SMILES string of the molecule is C1CCN(C23C4=C5C6(N7CCCC7)c7c2c2c8c3c3c9c%10c%11c%12c%13c%14c%15c%16c%17c%18c(c6c6c7c7c2c2c%19c8c9c8c9c%10c%13c%10c%13c%14c%17c%14c%17c%18c6c6c7c2c2c(c%198)c(c9%10)c(c%13%14)c2c6%17)C%162OC52C(=C4C3%11N2CCCC2)C%12%15N2CCCC2)C1. The lowest BCUT2D eigenvalue weighted by molar-refractivity contribution is 0.126. The summed E-state index contributed by atoms with van der Waals surface area (Å²) in [4.78, 5) is 13.1. The zero-order chi connectivity index (χ0) is 48.5. The van der Waals surface area contributed by atoms with E-state index in [2.05, 4.69) is 19.6 Å². The van der Waals surface area contributed by atoms with Gasteiger partial charge in [0.1, 0.15) is 0 Å². The first kappa shape index (κ1) is 33.0. The van der Waals surface area contributed by atoms with Crippen molar-refractivity contribution >= 4 is 215 Å². The molecule has 5 heteroatoms. The molecule has 0 amide bonds. The lowest BCUT2D eigenvalue weighted by Crippen LogP contribution is -2.62. The van der Waals surface area contributed by atoms with Gasteiger partial charge < -0.3 is 4.74 Å². The first-order chi connectivity index (χ1) is 40.3. The minimum Gasteiger partial charge on any atom is -0.342 e. The van der Waals surface area contributed by atoms with Crippen molar-refractivity contribution in [3.8, 4) is 0 Å². The monoisotopic (exact) mass is 1020 g/mol. The third-order valence-corrected chi connectivity index (χ3v) is 31.1. The van der Waals surface area contributed by atoms with Gasteiger partial charge >= 0.3 is 0 Å². The van der Waals surface area contributed by atoms with Crippen molar-refractivity contribution in [1.82, 2.24) is 19.6 Å². The smallest absolute Gasteiger partial charge is 0.159 e. The second-order valence-electron chi connectivity index (χ2n) is 31.3. The summed E-state index contributed by atoms with van der Waals surface area (Å²) in [7, 11) is 0. The highest BCUT2D eigenvalue weighted by Crippen LogP contribution is 2.96. The number of hydrogen-bond donors (Lipinski definition) is 0. The number of epoxide rings is 1. The van der Waals surface area contributed by atoms with Crippen LogP contribution in [0.4, 0.5) is 0 Å². The largest absolute Gasteiger partial charge is 0.342 e. The van der Waals surface area contributed by atoms with Crippen LogP contribution in [-0.2, 0) is 32.5 Å². The van der Waals surface area contributed by atoms with Gasteiger partial charge in [0.15, 0.2) is 11.2 Å². The molecule has 2 spiro atoms. The van der Waals surface area contributed by atoms with Gasteiger partial charge in [-0.15, -0.1) is 0 Å². The Hall–Kier alpha value is -7.22. The van der Waals surface area contributed by atoms with Crippen molar-refractivity contribution in [3.05, 3.63) is 77.9 Å². The van der Waals surface area contributed by atoms with Gasteiger partial charge in [-0.25, -0.2) is 0 Å². The summed E-state index contributed by atoms with van der Waals surface area (Å²) in [6.07, 6.45) is 10.3. The van der Waals surface area contributed by atoms with Crippen LogP contribution in [0.3, 0.4) is 0 Å². The highest BCUT2D eigenvalue weighted by molar-refractivity contribution is 6.77. The maximum absolute atomic E-state index is 9.24. The Kier molecular flexibility index (Phi) is 3.17. The lowest BCUT2D eigenvalue weighted by Gasteiger charge is -2.61. The fourth-order valence-electron chi connectivity index (χ4n) is 31.0. The molecule has 21 aromatic carbocycles. The number of benzene rings is 15. The quantitative estimate of drug-likeness (QED) is 0.129. The Balaban J connectivity index is 1.07. The minimum atomic E-state index is -0.571. The molecule has 5 heterocycles. The molecule has 11 aliphatic carbocycles. The van der Waals surface area contributed by atoms with Crippen LogP contribution in [0.25, 0.3) is 215 Å². The van der Waals surface area contributed by atoms with Crippen molar-refractivity contribution in [2.45, 2.75) is 84.7 Å². The van der Waals surface area contributed by atoms with Crippen molar-refractivity contribution in [2.24, 2.45) is 0 Å². The molecular weight excluding hydrogens is 985 g/mol. The van der Waals surface area contributed by atoms with Crippen LogP contribution in [0.1, 0.15) is 107 Å². The van der Waals surface area contributed by atoms with E-state index in [9.17, 15) is 4.74 Å². The summed E-state index contributed by atoms with van der Waals surface area (Å²) < 4.78 is 9.24. The zero-order valence-corrected chi connectivity index (χ0v) is 43.5. The maximum atomic E-state index is 9.24. The van der Waals surface area contributed by atoms with Crippen LogP contribution in [-0.4, -0.2) is 77.6 Å². The molecule has 4 atom stereocenters. The van der Waals surface area contributed by atoms with E-state index in [1.165, 1.54) is 104 Å². The lowest BCUT2D eigenvalue weighted by atomic mass is 9.51. The molecule has 0 aromatic heterocycles. The molecule has 0 bridgehead atoms. The molecule has 21 aromatic rings. The first-order valence-electron chi connectivity index (χ1n) is 32.3. The topological polar surface area (TPSA) is 25.5 Å². The van der Waals surface area contributed by atoms with Crippen LogP contribution in [0.5, 0.6) is 0 Å². The Morgan fingerprint density at radius 1 is 0.185 bits per heavy atom. The first-order valence-corrected chi connectivity index (χ1v) is 32.3. The van der Waals surface area contributed by atoms with Crippen LogP contribution in [0, 0.1) is 0 Å². The van der Waals surface area contributed by atoms with Crippen molar-refractivity contribution < 1.29 is 4.74 Å². The van der Waals surface area contributed by atoms with Crippen LogP contribution < -0.4 is 0 Å². The predicted molar refractivity (Wildman–Crippen MR) is 323 cm³/mol. The summed E-state index contributed by atoms with van der Waals surface area (Å²) in [6, 6.07) is 0. The highest BCUT2D eigenvalue weighted by Gasteiger charge is 2.95. The molecule has 0 N–H and O–H groups in total. The van der Waals surface area contributed by atoms with E-state index < -0.39 is 22.3 Å². The normalized spacial score (nSPS) is 34.8. The third kappa shape index (κ3) is 1.83. The molecule has 0 radical (unpaired) electrons. The maximum Gasteiger partial charge on any atom is 0.159 e. The van der Waals surface area contributed by atoms with E-state index in [-0.39, 0.29) is 11.1 Å². The van der Waals surface area contributed by atoms with Crippen molar-refractivity contribution in [2.75, 3.05) is 52.4 Å². The molecular formula is C76H32N4O. The number of ether oxygens (including phenoxy) is 1. The number of rotatable bonds is 4. The molecule has 362 valence electrons. The van der Waals surface area contributed by atoms with E-state index in [0.717, 1.165) is 0 Å². The standard InChI is InChI=1S/C76H32N4O/c1-2-10-77(9-1)71-57-47-37-27-22-17-18-20-21-19(17)24-30-28(22)38(37)48-50-40(30)42-32(24)34-26(21)36-35-25(20)33-31-23(18)29(27)39-41(31)51-53-43(33)45(35)55-56-46(36)44(34)54-52(42)62-60(50)72(58(48)57,78-11-3-4-12-78)68-67(71)69-73(79-13-5-6-14-79,61(51)59(71)49(39)47)63(53)65(55)75-66(56)64(54)74(62,80-15-7-8-16-80)70(68)76(69,75)81-75/h1-16H2. The van der Waals surface area contributed by atoms with Gasteiger partial charge in [-0.3, -0.25) is 19.6 Å². The molecule has 5 fully saturated rings. The summed E-state index contributed by atoms with van der Waals surface area (Å²) in [5, 5.41) is 68.4. The zero-order valence-electron chi connectivity index (χ0n) is 43.5. The summed E-state index contributed by atoms with van der Waals surface area (Å²) in [6.45, 7) is 9.39. The summed E-state index contributed by atoms with van der Waals surface area (Å²) in [5.41, 5.74) is 22.5. The summed E-state index contributed by atoms with van der Waals surface area (Å²) >= 11 is 0. The average molecular weight is 1020 g/mol. The third-order valence-electron chi connectivity index (χ3n) is 31.1. The van der Waals surface area contributed by atoms with Gasteiger partial charge in [0.2, 0.25) is 0 Å². The molecule has 81 heavy (non-hydrogen) atoms. The summed E-state index contributed by atoms with van der Waals surface area (Å²) in [5.74, 6) is 0. The molecule has 0 saturated carbocycles. The second kappa shape index (κ2) is 7.76. The molecule has 5 aliphatic heterocycles. The highest BCUT2D eigenvalue weighted by atomic mass is 16.6. The number of hydrogen-bond acceptors (Lipinski definition) is 5. The molecule has 4 unspecified atom stereocenters. The van der Waals surface area contributed by atoms with E-state index in [4.69, 9.17) is 0 Å². The van der Waals surface area contributed by atoms with Gasteiger partial charge in [0.25, 0.3) is 0 Å². The average Bonchev–Trinajstić information content (AvgIpc) is 1.36. The van der Waals surface area contributed by atoms with Crippen molar-refractivity contribution in [1.29, 1.82) is 0 Å². The predicted octanol–water partition coefficient (Wildman–Crippen LogP) is 15.2. The van der Waals surface area contributed by atoms with Crippen molar-refractivity contribution in [3.63, 3.8) is 0 Å². The van der Waals surface area contributed by atoms with E-state index in [0.29, 0.717) is 0 Å². The van der Waals surface area contributed by atoms with E-state index in [1.54, 1.807) is 238 Å². The Bertz CT molecular complexity index is 6880. The van der Waals surface area contributed by atoms with Gasteiger partial charge in [0.05, 0.1) is 22.2 Å². The van der Waals surface area contributed by atoms with Gasteiger partial charge in [-0.05, 0) is 375 Å². The molecule has 16 aliphatic rings. The van der Waals surface area contributed by atoms with Gasteiger partial charge in [0, 0.05) is 22.3 Å². The van der Waals surface area contributed by atoms with Gasteiger partial charge in [-0.1, -0.05) is 0 Å². The van der Waals surface area contributed by atoms with Crippen LogP contribution in [0.2, 0.25) is 0 Å². The molecule has 37 rings (SSSR count). The van der Waals surface area contributed by atoms with Crippen LogP contribution in [0.15, 0.2) is 22.3 Å². The second-order valence-corrected chi connectivity index (χ2v) is 31.3. The van der Waals surface area contributed by atoms with Gasteiger partial charge in [-0.2, -0.15) is 0 Å². The van der Waals surface area contributed by atoms with E-state index in [1.807, 2.05) is 55.7 Å². The number of likely N-dealkylation sites (tertiary alicyclic amines) is 4. The molecule has 5 nitrogen and oxygen atoms in total.